The first-order valence-electron chi connectivity index (χ1n) is 8.83. The average Bonchev–Trinajstić information content (AvgIpc) is 2.70. The number of carbonyl (C=O) groups is 2. The number of hydrogen-bond donors (Lipinski definition) is 0. The van der Waals surface area contributed by atoms with Crippen molar-refractivity contribution in [3.8, 4) is 11.5 Å². The van der Waals surface area contributed by atoms with Crippen LogP contribution < -0.4 is 9.47 Å². The van der Waals surface area contributed by atoms with Gasteiger partial charge < -0.3 is 14.2 Å². The van der Waals surface area contributed by atoms with Gasteiger partial charge in [-0.3, -0.25) is 14.9 Å². The van der Waals surface area contributed by atoms with Gasteiger partial charge in [0.05, 0.1) is 38.4 Å². The number of nitro benzene ring substituents is 1. The predicted molar refractivity (Wildman–Crippen MR) is 98.7 cm³/mol. The van der Waals surface area contributed by atoms with E-state index in [1.54, 1.807) is 6.92 Å². The van der Waals surface area contributed by atoms with E-state index >= 15 is 0 Å². The molecule has 1 aromatic rings. The summed E-state index contributed by atoms with van der Waals surface area (Å²) in [6.07, 6.45) is -0.978. The van der Waals surface area contributed by atoms with E-state index in [4.69, 9.17) is 9.47 Å². The van der Waals surface area contributed by atoms with E-state index in [2.05, 4.69) is 4.74 Å². The third-order valence-electron chi connectivity index (χ3n) is 3.93. The van der Waals surface area contributed by atoms with E-state index in [0.29, 0.717) is 11.5 Å². The zero-order valence-corrected chi connectivity index (χ0v) is 16.4. The summed E-state index contributed by atoms with van der Waals surface area (Å²) in [7, 11) is 2.34. The van der Waals surface area contributed by atoms with Gasteiger partial charge in [-0.25, -0.2) is 14.1 Å². The van der Waals surface area contributed by atoms with Gasteiger partial charge in [0.15, 0.2) is 11.5 Å². The lowest BCUT2D eigenvalue weighted by molar-refractivity contribution is -0.385. The molecule has 0 saturated heterocycles. The molecule has 9 nitrogen and oxygen atoms in total. The first-order valence-corrected chi connectivity index (χ1v) is 8.83. The number of nitro groups is 1. The van der Waals surface area contributed by atoms with E-state index in [-0.39, 0.29) is 17.9 Å². The van der Waals surface area contributed by atoms with Crippen molar-refractivity contribution >= 4 is 17.7 Å². The molecule has 0 spiro atoms. The standard InChI is InChI=1S/C18H25FN2O7/c1-5-7-8-28-16-10-14(21(24)25)13(9-15(16)26-3)17(22)20(18(23)27-4)11-12(19)6-2/h9-10,12H,5-8,11H2,1-4H3/t12-/m1/s1. The van der Waals surface area contributed by atoms with Crippen LogP contribution in [0.2, 0.25) is 0 Å². The Morgan fingerprint density at radius 1 is 1.25 bits per heavy atom. The Morgan fingerprint density at radius 3 is 2.43 bits per heavy atom. The predicted octanol–water partition coefficient (Wildman–Crippen LogP) is 3.74. The molecule has 1 atom stereocenters. The number of benzene rings is 1. The van der Waals surface area contributed by atoms with Gasteiger partial charge in [-0.15, -0.1) is 0 Å². The highest BCUT2D eigenvalue weighted by molar-refractivity contribution is 6.06. The molecule has 0 saturated carbocycles. The maximum atomic E-state index is 13.8. The molecule has 0 N–H and O–H groups in total. The van der Waals surface area contributed by atoms with Gasteiger partial charge in [-0.05, 0) is 12.8 Å². The Bertz CT molecular complexity index is 711. The summed E-state index contributed by atoms with van der Waals surface area (Å²) in [5.41, 5.74) is -1.02. The second-order valence-corrected chi connectivity index (χ2v) is 5.87. The van der Waals surface area contributed by atoms with Crippen molar-refractivity contribution < 1.29 is 33.1 Å². The number of halogens is 1. The Morgan fingerprint density at radius 2 is 1.93 bits per heavy atom. The highest BCUT2D eigenvalue weighted by Gasteiger charge is 2.33. The summed E-state index contributed by atoms with van der Waals surface area (Å²) >= 11 is 0. The van der Waals surface area contributed by atoms with Crippen molar-refractivity contribution in [3.63, 3.8) is 0 Å². The SMILES string of the molecule is CCCCOc1cc([N+](=O)[O-])c(C(=O)N(C[C@H](F)CC)C(=O)OC)cc1OC. The van der Waals surface area contributed by atoms with E-state index in [1.807, 2.05) is 6.92 Å². The van der Waals surface area contributed by atoms with Crippen molar-refractivity contribution in [2.24, 2.45) is 0 Å². The van der Waals surface area contributed by atoms with Crippen LogP contribution in [0.5, 0.6) is 11.5 Å². The Labute approximate surface area is 162 Å². The van der Waals surface area contributed by atoms with Crippen LogP contribution in [0.4, 0.5) is 14.9 Å². The third-order valence-corrected chi connectivity index (χ3v) is 3.93. The van der Waals surface area contributed by atoms with Crippen molar-refractivity contribution in [2.75, 3.05) is 27.4 Å². The summed E-state index contributed by atoms with van der Waals surface area (Å²) in [6, 6.07) is 2.17. The van der Waals surface area contributed by atoms with Gasteiger partial charge in [-0.1, -0.05) is 20.3 Å². The summed E-state index contributed by atoms with van der Waals surface area (Å²) in [6.45, 7) is 3.22. The Kier molecular flexibility index (Phi) is 9.13. The second kappa shape index (κ2) is 11.1. The molecule has 0 aliphatic heterocycles. The monoisotopic (exact) mass is 400 g/mol. The van der Waals surface area contributed by atoms with Gasteiger partial charge in [0.2, 0.25) is 0 Å². The van der Waals surface area contributed by atoms with Crippen molar-refractivity contribution in [3.05, 3.63) is 27.8 Å². The lowest BCUT2D eigenvalue weighted by Gasteiger charge is -2.21. The fraction of sp³-hybridized carbons (Fsp3) is 0.556. The molecule has 0 bridgehead atoms. The van der Waals surface area contributed by atoms with E-state index in [9.17, 15) is 24.1 Å². The second-order valence-electron chi connectivity index (χ2n) is 5.87. The number of rotatable bonds is 10. The molecule has 1 rings (SSSR count). The van der Waals surface area contributed by atoms with Gasteiger partial charge in [-0.2, -0.15) is 0 Å². The number of alkyl halides is 1. The molecule has 0 radical (unpaired) electrons. The number of hydrogen-bond acceptors (Lipinski definition) is 7. The van der Waals surface area contributed by atoms with Crippen LogP contribution in [0, 0.1) is 10.1 Å². The molecule has 10 heteroatoms. The van der Waals surface area contributed by atoms with Crippen molar-refractivity contribution in [1.29, 1.82) is 0 Å². The average molecular weight is 400 g/mol. The lowest BCUT2D eigenvalue weighted by atomic mass is 10.1. The maximum Gasteiger partial charge on any atom is 0.416 e. The smallest absolute Gasteiger partial charge is 0.416 e. The fourth-order valence-corrected chi connectivity index (χ4v) is 2.29. The van der Waals surface area contributed by atoms with E-state index < -0.39 is 40.9 Å². The highest BCUT2D eigenvalue weighted by Crippen LogP contribution is 2.35. The quantitative estimate of drug-likeness (QED) is 0.334. The van der Waals surface area contributed by atoms with Crippen LogP contribution in [0.1, 0.15) is 43.5 Å². The zero-order valence-electron chi connectivity index (χ0n) is 16.4. The molecular formula is C18H25FN2O7. The molecule has 0 heterocycles. The largest absolute Gasteiger partial charge is 0.493 e. The van der Waals surface area contributed by atoms with Crippen LogP contribution >= 0.6 is 0 Å². The van der Waals surface area contributed by atoms with Crippen LogP contribution in [0.15, 0.2) is 12.1 Å². The third kappa shape index (κ3) is 5.80. The number of imide groups is 1. The minimum atomic E-state index is -1.50. The zero-order chi connectivity index (χ0) is 21.3. The summed E-state index contributed by atoms with van der Waals surface area (Å²) in [5.74, 6) is -0.879. The van der Waals surface area contributed by atoms with Crippen LogP contribution in [0.25, 0.3) is 0 Å². The summed E-state index contributed by atoms with van der Waals surface area (Å²) in [5, 5.41) is 11.5. The van der Waals surface area contributed by atoms with E-state index in [1.165, 1.54) is 7.11 Å². The number of unbranched alkanes of at least 4 members (excludes halogenated alkanes) is 1. The fourth-order valence-electron chi connectivity index (χ4n) is 2.29. The normalized spacial score (nSPS) is 11.5. The van der Waals surface area contributed by atoms with Crippen LogP contribution in [0.3, 0.4) is 0 Å². The highest BCUT2D eigenvalue weighted by atomic mass is 19.1. The van der Waals surface area contributed by atoms with Gasteiger partial charge in [0.25, 0.3) is 11.6 Å². The molecular weight excluding hydrogens is 375 g/mol. The van der Waals surface area contributed by atoms with Crippen molar-refractivity contribution in [2.45, 2.75) is 39.3 Å². The molecule has 156 valence electrons. The number of carbonyl (C=O) groups excluding carboxylic acids is 2. The molecule has 0 aliphatic carbocycles. The maximum absolute atomic E-state index is 13.8. The Balaban J connectivity index is 3.39. The van der Waals surface area contributed by atoms with E-state index in [0.717, 1.165) is 32.1 Å². The summed E-state index contributed by atoms with van der Waals surface area (Å²) < 4.78 is 29.0. The number of amides is 2. The summed E-state index contributed by atoms with van der Waals surface area (Å²) in [4.78, 5) is 36.0. The topological polar surface area (TPSA) is 108 Å². The molecule has 0 aliphatic rings. The van der Waals surface area contributed by atoms with Crippen LogP contribution in [-0.2, 0) is 4.74 Å². The first kappa shape index (κ1) is 23.1. The minimum Gasteiger partial charge on any atom is -0.493 e. The molecule has 0 aromatic heterocycles. The lowest BCUT2D eigenvalue weighted by Crippen LogP contribution is -2.41. The molecule has 0 unspecified atom stereocenters. The molecule has 0 fully saturated rings. The molecule has 28 heavy (non-hydrogen) atoms. The molecule has 2 amide bonds. The van der Waals surface area contributed by atoms with Crippen molar-refractivity contribution in [1.82, 2.24) is 4.90 Å². The van der Waals surface area contributed by atoms with Gasteiger partial charge in [0.1, 0.15) is 11.7 Å². The first-order chi connectivity index (χ1) is 13.3. The van der Waals surface area contributed by atoms with Gasteiger partial charge in [0, 0.05) is 6.07 Å². The number of nitrogens with zero attached hydrogens (tertiary/aromatic N) is 2. The number of ether oxygens (including phenoxy) is 3. The Hall–Kier alpha value is -2.91. The molecule has 1 aromatic carbocycles. The minimum absolute atomic E-state index is 0.0520. The number of methoxy groups -OCH3 is 2. The van der Waals surface area contributed by atoms with Crippen LogP contribution in [-0.4, -0.2) is 55.4 Å². The van der Waals surface area contributed by atoms with Gasteiger partial charge >= 0.3 is 6.09 Å².